The van der Waals surface area contributed by atoms with Crippen molar-refractivity contribution in [3.05, 3.63) is 100.0 Å². The van der Waals surface area contributed by atoms with E-state index in [1.54, 1.807) is 23.7 Å². The molecule has 1 heterocycles. The van der Waals surface area contributed by atoms with Gasteiger partial charge in [0, 0.05) is 19.0 Å². The van der Waals surface area contributed by atoms with Gasteiger partial charge in [0.05, 0.1) is 11.0 Å². The molecule has 4 rings (SSSR count). The first-order valence-corrected chi connectivity index (χ1v) is 9.01. The molecule has 0 aliphatic carbocycles. The Morgan fingerprint density at radius 1 is 1.00 bits per heavy atom. The van der Waals surface area contributed by atoms with E-state index in [0.29, 0.717) is 17.7 Å². The maximum Gasteiger partial charge on any atom is 0.272 e. The molecule has 0 aliphatic rings. The second-order valence-electron chi connectivity index (χ2n) is 6.78. The fraction of sp³-hybridized carbons (Fsp3) is 0.0870. The predicted molar refractivity (Wildman–Crippen MR) is 120 cm³/mol. The number of hydrogen-bond acceptors (Lipinski definition) is 3. The molecule has 146 valence electrons. The van der Waals surface area contributed by atoms with Gasteiger partial charge in [-0.1, -0.05) is 60.7 Å². The van der Waals surface area contributed by atoms with Crippen LogP contribution in [0, 0.1) is 5.41 Å². The molecule has 4 aromatic rings. The molecule has 29 heavy (non-hydrogen) atoms. The molecular formula is C23H21ClN4O. The molecule has 3 N–H and O–H groups in total. The fourth-order valence-corrected chi connectivity index (χ4v) is 3.31. The van der Waals surface area contributed by atoms with E-state index in [0.717, 1.165) is 27.7 Å². The molecular weight excluding hydrogens is 384 g/mol. The first kappa shape index (κ1) is 20.3. The minimum absolute atomic E-state index is 0. The smallest absolute Gasteiger partial charge is 0.272 e. The SMILES string of the molecule is Cl.Cn1c(=O)c(Cc2ccc(C(=N)N)cc2)nc2cc(-c3ccccc3)ccc21. The van der Waals surface area contributed by atoms with Crippen LogP contribution in [0.2, 0.25) is 0 Å². The summed E-state index contributed by atoms with van der Waals surface area (Å²) in [5.41, 5.74) is 11.3. The lowest BCUT2D eigenvalue weighted by molar-refractivity contribution is 0.855. The number of fused-ring (bicyclic) bond motifs is 1. The van der Waals surface area contributed by atoms with Crippen LogP contribution in [0.4, 0.5) is 0 Å². The minimum Gasteiger partial charge on any atom is -0.384 e. The Balaban J connectivity index is 0.00000240. The van der Waals surface area contributed by atoms with Gasteiger partial charge in [-0.2, -0.15) is 0 Å². The van der Waals surface area contributed by atoms with Crippen LogP contribution in [0.1, 0.15) is 16.8 Å². The van der Waals surface area contributed by atoms with Crippen molar-refractivity contribution in [3.8, 4) is 11.1 Å². The molecule has 0 saturated carbocycles. The molecule has 0 bridgehead atoms. The van der Waals surface area contributed by atoms with E-state index in [2.05, 4.69) is 17.1 Å². The van der Waals surface area contributed by atoms with Crippen LogP contribution in [0.5, 0.6) is 0 Å². The number of aromatic nitrogens is 2. The van der Waals surface area contributed by atoms with Gasteiger partial charge in [0.2, 0.25) is 0 Å². The number of aryl methyl sites for hydroxylation is 1. The van der Waals surface area contributed by atoms with Gasteiger partial charge in [0.1, 0.15) is 11.5 Å². The lowest BCUT2D eigenvalue weighted by atomic mass is 10.0. The van der Waals surface area contributed by atoms with Crippen molar-refractivity contribution in [2.24, 2.45) is 12.8 Å². The first-order valence-electron chi connectivity index (χ1n) is 9.01. The molecule has 0 amide bonds. The predicted octanol–water partition coefficient (Wildman–Crippen LogP) is 3.90. The van der Waals surface area contributed by atoms with Crippen molar-refractivity contribution in [3.63, 3.8) is 0 Å². The Morgan fingerprint density at radius 3 is 2.34 bits per heavy atom. The highest BCUT2D eigenvalue weighted by atomic mass is 35.5. The summed E-state index contributed by atoms with van der Waals surface area (Å²) in [7, 11) is 1.77. The number of benzene rings is 3. The zero-order valence-electron chi connectivity index (χ0n) is 15.9. The van der Waals surface area contributed by atoms with E-state index in [9.17, 15) is 4.79 Å². The lowest BCUT2D eigenvalue weighted by Gasteiger charge is -2.10. The van der Waals surface area contributed by atoms with E-state index in [1.807, 2.05) is 48.5 Å². The number of nitrogen functional groups attached to an aromatic ring is 1. The fourth-order valence-electron chi connectivity index (χ4n) is 3.31. The Kier molecular flexibility index (Phi) is 5.80. The summed E-state index contributed by atoms with van der Waals surface area (Å²) in [6.07, 6.45) is 0.427. The largest absolute Gasteiger partial charge is 0.384 e. The zero-order chi connectivity index (χ0) is 19.7. The maximum absolute atomic E-state index is 12.8. The average molecular weight is 405 g/mol. The minimum atomic E-state index is -0.101. The Morgan fingerprint density at radius 2 is 1.69 bits per heavy atom. The second-order valence-corrected chi connectivity index (χ2v) is 6.78. The summed E-state index contributed by atoms with van der Waals surface area (Å²) in [5, 5.41) is 7.48. The van der Waals surface area contributed by atoms with Crippen LogP contribution < -0.4 is 11.3 Å². The number of nitrogens with one attached hydrogen (secondary N) is 1. The molecule has 0 spiro atoms. The molecule has 0 fully saturated rings. The molecule has 3 aromatic carbocycles. The van der Waals surface area contributed by atoms with Crippen LogP contribution in [0.25, 0.3) is 22.2 Å². The number of hydrogen-bond donors (Lipinski definition) is 2. The van der Waals surface area contributed by atoms with Crippen molar-refractivity contribution in [2.45, 2.75) is 6.42 Å². The van der Waals surface area contributed by atoms with Gasteiger partial charge in [-0.05, 0) is 28.8 Å². The maximum atomic E-state index is 12.8. The number of halogens is 1. The zero-order valence-corrected chi connectivity index (χ0v) is 16.7. The molecule has 1 aromatic heterocycles. The van der Waals surface area contributed by atoms with Crippen molar-refractivity contribution in [2.75, 3.05) is 0 Å². The molecule has 6 heteroatoms. The molecule has 0 atom stereocenters. The van der Waals surface area contributed by atoms with E-state index in [4.69, 9.17) is 11.1 Å². The van der Waals surface area contributed by atoms with Crippen molar-refractivity contribution < 1.29 is 0 Å². The van der Waals surface area contributed by atoms with Crippen LogP contribution in [-0.2, 0) is 13.5 Å². The topological polar surface area (TPSA) is 84.8 Å². The van der Waals surface area contributed by atoms with E-state index < -0.39 is 0 Å². The summed E-state index contributed by atoms with van der Waals surface area (Å²) < 4.78 is 1.65. The summed E-state index contributed by atoms with van der Waals surface area (Å²) in [4.78, 5) is 17.4. The van der Waals surface area contributed by atoms with Crippen molar-refractivity contribution in [1.82, 2.24) is 9.55 Å². The average Bonchev–Trinajstić information content (AvgIpc) is 2.72. The molecule has 0 saturated heterocycles. The van der Waals surface area contributed by atoms with E-state index in [1.165, 1.54) is 0 Å². The van der Waals surface area contributed by atoms with Gasteiger partial charge in [-0.3, -0.25) is 10.2 Å². The second kappa shape index (κ2) is 8.29. The summed E-state index contributed by atoms with van der Waals surface area (Å²) >= 11 is 0. The van der Waals surface area contributed by atoms with Crippen LogP contribution >= 0.6 is 12.4 Å². The van der Waals surface area contributed by atoms with Crippen LogP contribution in [-0.4, -0.2) is 15.4 Å². The first-order chi connectivity index (χ1) is 13.5. The van der Waals surface area contributed by atoms with Crippen LogP contribution in [0.3, 0.4) is 0 Å². The van der Waals surface area contributed by atoms with Crippen LogP contribution in [0.15, 0.2) is 77.6 Å². The normalized spacial score (nSPS) is 10.5. The van der Waals surface area contributed by atoms with Gasteiger partial charge in [0.15, 0.2) is 0 Å². The third-order valence-electron chi connectivity index (χ3n) is 4.89. The number of nitrogens with zero attached hydrogens (tertiary/aromatic N) is 2. The standard InChI is InChI=1S/C23H20N4O.ClH/c1-27-21-12-11-18(16-5-3-2-4-6-16)14-19(21)26-20(23(27)28)13-15-7-9-17(10-8-15)22(24)25;/h2-12,14H,13H2,1H3,(H3,24,25);1H. The Labute approximate surface area is 174 Å². The Hall–Kier alpha value is -3.44. The van der Waals surface area contributed by atoms with Gasteiger partial charge in [-0.25, -0.2) is 4.98 Å². The lowest BCUT2D eigenvalue weighted by Crippen LogP contribution is -2.23. The molecule has 0 unspecified atom stereocenters. The highest BCUT2D eigenvalue weighted by Crippen LogP contribution is 2.23. The van der Waals surface area contributed by atoms with Gasteiger partial charge >= 0.3 is 0 Å². The van der Waals surface area contributed by atoms with Crippen molar-refractivity contribution >= 4 is 29.3 Å². The highest BCUT2D eigenvalue weighted by molar-refractivity contribution is 5.94. The van der Waals surface area contributed by atoms with E-state index in [-0.39, 0.29) is 23.8 Å². The summed E-state index contributed by atoms with van der Waals surface area (Å²) in [6.45, 7) is 0. The monoisotopic (exact) mass is 404 g/mol. The van der Waals surface area contributed by atoms with E-state index >= 15 is 0 Å². The third-order valence-corrected chi connectivity index (χ3v) is 4.89. The van der Waals surface area contributed by atoms with Gasteiger partial charge < -0.3 is 10.3 Å². The molecule has 0 radical (unpaired) electrons. The third kappa shape index (κ3) is 4.05. The number of amidine groups is 1. The van der Waals surface area contributed by atoms with Gasteiger partial charge in [-0.15, -0.1) is 12.4 Å². The quantitative estimate of drug-likeness (QED) is 0.399. The summed E-state index contributed by atoms with van der Waals surface area (Å²) in [6, 6.07) is 23.4. The van der Waals surface area contributed by atoms with Gasteiger partial charge in [0.25, 0.3) is 5.56 Å². The van der Waals surface area contributed by atoms with Crippen molar-refractivity contribution in [1.29, 1.82) is 5.41 Å². The number of rotatable bonds is 4. The molecule has 0 aliphatic heterocycles. The molecule has 5 nitrogen and oxygen atoms in total. The Bertz CT molecular complexity index is 1230. The number of nitrogens with two attached hydrogens (primary N) is 1. The summed E-state index contributed by atoms with van der Waals surface area (Å²) in [5.74, 6) is 0.0275. The highest BCUT2D eigenvalue weighted by Gasteiger charge is 2.11.